The zero-order valence-electron chi connectivity index (χ0n) is 10.2. The maximum absolute atomic E-state index is 12.2. The molecule has 20 heavy (non-hydrogen) atoms. The SMILES string of the molecule is N#Cc1ccc(NC(=O)c2cccc(N)c2Cl)c(Br)c1. The summed E-state index contributed by atoms with van der Waals surface area (Å²) in [5.41, 5.74) is 7.35. The Balaban J connectivity index is 2.29. The van der Waals surface area contributed by atoms with Crippen LogP contribution in [0.25, 0.3) is 0 Å². The number of nitrogens with one attached hydrogen (secondary N) is 1. The second-order valence-electron chi connectivity index (χ2n) is 3.97. The summed E-state index contributed by atoms with van der Waals surface area (Å²) >= 11 is 9.30. The molecule has 2 aromatic rings. The quantitative estimate of drug-likeness (QED) is 0.808. The summed E-state index contributed by atoms with van der Waals surface area (Å²) in [6.45, 7) is 0. The van der Waals surface area contributed by atoms with E-state index in [4.69, 9.17) is 22.6 Å². The first-order valence-corrected chi connectivity index (χ1v) is 6.75. The van der Waals surface area contributed by atoms with Crippen LogP contribution in [0.5, 0.6) is 0 Å². The lowest BCUT2D eigenvalue weighted by molar-refractivity contribution is 0.102. The Hall–Kier alpha value is -2.03. The van der Waals surface area contributed by atoms with E-state index < -0.39 is 0 Å². The summed E-state index contributed by atoms with van der Waals surface area (Å²) in [4.78, 5) is 12.2. The van der Waals surface area contributed by atoms with Gasteiger partial charge in [-0.2, -0.15) is 5.26 Å². The third-order valence-electron chi connectivity index (χ3n) is 2.62. The number of nitrogen functional groups attached to an aromatic ring is 1. The number of hydrogen-bond acceptors (Lipinski definition) is 3. The Labute approximate surface area is 129 Å². The second kappa shape index (κ2) is 5.95. The summed E-state index contributed by atoms with van der Waals surface area (Å²) in [7, 11) is 0. The molecule has 100 valence electrons. The molecule has 0 saturated carbocycles. The molecule has 0 aromatic heterocycles. The van der Waals surface area contributed by atoms with Crippen LogP contribution in [0.1, 0.15) is 15.9 Å². The predicted molar refractivity (Wildman–Crippen MR) is 82.7 cm³/mol. The van der Waals surface area contributed by atoms with Crippen LogP contribution in [0.4, 0.5) is 11.4 Å². The molecule has 0 saturated heterocycles. The van der Waals surface area contributed by atoms with Crippen molar-refractivity contribution in [3.63, 3.8) is 0 Å². The second-order valence-corrected chi connectivity index (χ2v) is 5.20. The number of halogens is 2. The maximum atomic E-state index is 12.2. The molecule has 2 aromatic carbocycles. The van der Waals surface area contributed by atoms with Gasteiger partial charge >= 0.3 is 0 Å². The molecule has 0 bridgehead atoms. The number of benzene rings is 2. The number of rotatable bonds is 2. The Morgan fingerprint density at radius 1 is 1.35 bits per heavy atom. The topological polar surface area (TPSA) is 78.9 Å². The Morgan fingerprint density at radius 2 is 2.10 bits per heavy atom. The van der Waals surface area contributed by atoms with Gasteiger partial charge < -0.3 is 11.1 Å². The molecule has 0 aliphatic heterocycles. The summed E-state index contributed by atoms with van der Waals surface area (Å²) in [5.74, 6) is -0.368. The summed E-state index contributed by atoms with van der Waals surface area (Å²) in [6, 6.07) is 11.8. The van der Waals surface area contributed by atoms with Crippen LogP contribution < -0.4 is 11.1 Å². The highest BCUT2D eigenvalue weighted by atomic mass is 79.9. The van der Waals surface area contributed by atoms with Gasteiger partial charge in [0, 0.05) is 4.47 Å². The highest BCUT2D eigenvalue weighted by Gasteiger charge is 2.13. The van der Waals surface area contributed by atoms with Gasteiger partial charge in [-0.1, -0.05) is 17.7 Å². The average molecular weight is 351 g/mol. The molecule has 0 spiro atoms. The number of nitriles is 1. The van der Waals surface area contributed by atoms with Crippen molar-refractivity contribution in [1.29, 1.82) is 5.26 Å². The molecule has 1 amide bonds. The number of carbonyl (C=O) groups excluding carboxylic acids is 1. The first-order valence-electron chi connectivity index (χ1n) is 5.58. The fourth-order valence-electron chi connectivity index (χ4n) is 1.60. The van der Waals surface area contributed by atoms with Crippen LogP contribution in [0.2, 0.25) is 5.02 Å². The van der Waals surface area contributed by atoms with Gasteiger partial charge in [0.25, 0.3) is 5.91 Å². The van der Waals surface area contributed by atoms with Gasteiger partial charge in [-0.25, -0.2) is 0 Å². The van der Waals surface area contributed by atoms with Crippen molar-refractivity contribution in [2.45, 2.75) is 0 Å². The minimum atomic E-state index is -0.368. The van der Waals surface area contributed by atoms with Crippen LogP contribution in [0.15, 0.2) is 40.9 Å². The van der Waals surface area contributed by atoms with E-state index in [2.05, 4.69) is 21.2 Å². The molecule has 6 heteroatoms. The number of anilines is 2. The molecule has 0 unspecified atom stereocenters. The molecule has 0 atom stereocenters. The van der Waals surface area contributed by atoms with E-state index in [1.54, 1.807) is 36.4 Å². The van der Waals surface area contributed by atoms with Crippen molar-refractivity contribution in [3.05, 3.63) is 57.0 Å². The van der Waals surface area contributed by atoms with Crippen LogP contribution in [-0.4, -0.2) is 5.91 Å². The third-order valence-corrected chi connectivity index (χ3v) is 3.70. The number of carbonyl (C=O) groups is 1. The van der Waals surface area contributed by atoms with Gasteiger partial charge in [0.2, 0.25) is 0 Å². The van der Waals surface area contributed by atoms with E-state index in [0.29, 0.717) is 27.0 Å². The third kappa shape index (κ3) is 2.93. The summed E-state index contributed by atoms with van der Waals surface area (Å²) in [6.07, 6.45) is 0. The summed E-state index contributed by atoms with van der Waals surface area (Å²) < 4.78 is 0.616. The van der Waals surface area contributed by atoms with Crippen LogP contribution >= 0.6 is 27.5 Å². The lowest BCUT2D eigenvalue weighted by Gasteiger charge is -2.09. The molecule has 3 N–H and O–H groups in total. The fourth-order valence-corrected chi connectivity index (χ4v) is 2.29. The van der Waals surface area contributed by atoms with Crippen molar-refractivity contribution >= 4 is 44.8 Å². The molecular weight excluding hydrogens is 342 g/mol. The first-order chi connectivity index (χ1) is 9.52. The molecule has 0 heterocycles. The van der Waals surface area contributed by atoms with E-state index in [-0.39, 0.29) is 10.9 Å². The predicted octanol–water partition coefficient (Wildman–Crippen LogP) is 3.81. The molecule has 0 aliphatic rings. The maximum Gasteiger partial charge on any atom is 0.257 e. The largest absolute Gasteiger partial charge is 0.398 e. The standard InChI is InChI=1S/C14H9BrClN3O/c15-10-6-8(7-17)4-5-12(10)19-14(20)9-2-1-3-11(18)13(9)16/h1-6H,18H2,(H,19,20). The monoisotopic (exact) mass is 349 g/mol. The van der Waals surface area contributed by atoms with Gasteiger partial charge in [-0.05, 0) is 46.3 Å². The van der Waals surface area contributed by atoms with E-state index in [0.717, 1.165) is 0 Å². The summed E-state index contributed by atoms with van der Waals surface area (Å²) in [5, 5.41) is 11.7. The highest BCUT2D eigenvalue weighted by Crippen LogP contribution is 2.27. The van der Waals surface area contributed by atoms with Crippen molar-refractivity contribution in [2.24, 2.45) is 0 Å². The zero-order chi connectivity index (χ0) is 14.7. The molecule has 0 fully saturated rings. The van der Waals surface area contributed by atoms with Gasteiger partial charge in [0.05, 0.1) is 33.6 Å². The van der Waals surface area contributed by atoms with E-state index in [1.165, 1.54) is 0 Å². The molecule has 4 nitrogen and oxygen atoms in total. The number of nitrogens with zero attached hydrogens (tertiary/aromatic N) is 1. The number of hydrogen-bond donors (Lipinski definition) is 2. The van der Waals surface area contributed by atoms with Gasteiger partial charge in [0.15, 0.2) is 0 Å². The van der Waals surface area contributed by atoms with Crippen molar-refractivity contribution in [1.82, 2.24) is 0 Å². The molecule has 0 aliphatic carbocycles. The smallest absolute Gasteiger partial charge is 0.257 e. The molecule has 2 rings (SSSR count). The normalized spacial score (nSPS) is 9.85. The fraction of sp³-hybridized carbons (Fsp3) is 0. The molecule has 0 radical (unpaired) electrons. The van der Waals surface area contributed by atoms with Gasteiger partial charge in [-0.15, -0.1) is 0 Å². The number of nitrogens with two attached hydrogens (primary N) is 1. The van der Waals surface area contributed by atoms with Crippen molar-refractivity contribution in [3.8, 4) is 6.07 Å². The lowest BCUT2D eigenvalue weighted by atomic mass is 10.1. The van der Waals surface area contributed by atoms with Gasteiger partial charge in [-0.3, -0.25) is 4.79 Å². The average Bonchev–Trinajstić information content (AvgIpc) is 2.44. The van der Waals surface area contributed by atoms with Crippen LogP contribution in [0, 0.1) is 11.3 Å². The Kier molecular flexibility index (Phi) is 4.28. The Morgan fingerprint density at radius 3 is 2.75 bits per heavy atom. The van der Waals surface area contributed by atoms with Crippen LogP contribution in [-0.2, 0) is 0 Å². The van der Waals surface area contributed by atoms with E-state index in [1.807, 2.05) is 6.07 Å². The first kappa shape index (κ1) is 14.4. The number of amides is 1. The lowest BCUT2D eigenvalue weighted by Crippen LogP contribution is -2.13. The minimum absolute atomic E-state index is 0.217. The van der Waals surface area contributed by atoms with Crippen molar-refractivity contribution < 1.29 is 4.79 Å². The van der Waals surface area contributed by atoms with Crippen molar-refractivity contribution in [2.75, 3.05) is 11.1 Å². The van der Waals surface area contributed by atoms with Crippen LogP contribution in [0.3, 0.4) is 0 Å². The zero-order valence-corrected chi connectivity index (χ0v) is 12.5. The highest BCUT2D eigenvalue weighted by molar-refractivity contribution is 9.10. The Bertz CT molecular complexity index is 725. The van der Waals surface area contributed by atoms with E-state index in [9.17, 15) is 4.79 Å². The van der Waals surface area contributed by atoms with E-state index >= 15 is 0 Å². The molecular formula is C14H9BrClN3O. The van der Waals surface area contributed by atoms with Gasteiger partial charge in [0.1, 0.15) is 0 Å². The minimum Gasteiger partial charge on any atom is -0.398 e.